The number of phenols is 1. The van der Waals surface area contributed by atoms with Crippen molar-refractivity contribution in [3.63, 3.8) is 0 Å². The van der Waals surface area contributed by atoms with Crippen LogP contribution in [0.1, 0.15) is 53.9 Å². The van der Waals surface area contributed by atoms with Crippen LogP contribution in [0.2, 0.25) is 5.02 Å². The van der Waals surface area contributed by atoms with Crippen molar-refractivity contribution in [1.29, 1.82) is 0 Å². The molecule has 6 heteroatoms. The first kappa shape index (κ1) is 19.2. The van der Waals surface area contributed by atoms with E-state index in [0.29, 0.717) is 21.7 Å². The van der Waals surface area contributed by atoms with Crippen LogP contribution in [-0.2, 0) is 11.3 Å². The highest BCUT2D eigenvalue weighted by Crippen LogP contribution is 2.39. The first-order chi connectivity index (χ1) is 12.6. The Kier molecular flexibility index (Phi) is 4.91. The Morgan fingerprint density at radius 1 is 1.19 bits per heavy atom. The largest absolute Gasteiger partial charge is 0.508 e. The highest BCUT2D eigenvalue weighted by molar-refractivity contribution is 6.30. The molecule has 2 aromatic rings. The van der Waals surface area contributed by atoms with E-state index in [0.717, 1.165) is 5.56 Å². The lowest BCUT2D eigenvalue weighted by molar-refractivity contribution is -0.127. The summed E-state index contributed by atoms with van der Waals surface area (Å²) in [6.45, 7) is 7.65. The maximum atomic E-state index is 13.1. The molecule has 0 aliphatic carbocycles. The van der Waals surface area contributed by atoms with Crippen molar-refractivity contribution >= 4 is 23.4 Å². The van der Waals surface area contributed by atoms with Crippen LogP contribution in [0, 0.1) is 6.92 Å². The smallest absolute Gasteiger partial charge is 0.255 e. The normalized spacial score (nSPS) is 16.4. The summed E-state index contributed by atoms with van der Waals surface area (Å²) in [6.07, 6.45) is 0. The second-order valence-electron chi connectivity index (χ2n) is 7.88. The molecule has 1 heterocycles. The molecule has 1 unspecified atom stereocenters. The Hall–Kier alpha value is -2.53. The SMILES string of the molecule is Cc1c(O)ccc2c1C(=O)N(Cc1ccc(Cl)cc1)C2C(=O)NC(C)(C)C. The van der Waals surface area contributed by atoms with Crippen LogP contribution in [-0.4, -0.2) is 27.4 Å². The summed E-state index contributed by atoms with van der Waals surface area (Å²) >= 11 is 5.95. The fraction of sp³-hybridized carbons (Fsp3) is 0.333. The summed E-state index contributed by atoms with van der Waals surface area (Å²) in [5.41, 5.74) is 1.95. The van der Waals surface area contributed by atoms with Crippen molar-refractivity contribution in [2.45, 2.75) is 45.8 Å². The average Bonchev–Trinajstić information content (AvgIpc) is 2.84. The Morgan fingerprint density at radius 3 is 2.41 bits per heavy atom. The number of benzene rings is 2. The van der Waals surface area contributed by atoms with Crippen molar-refractivity contribution in [2.75, 3.05) is 0 Å². The van der Waals surface area contributed by atoms with Gasteiger partial charge in [0.15, 0.2) is 0 Å². The first-order valence-electron chi connectivity index (χ1n) is 8.78. The molecule has 1 aliphatic rings. The van der Waals surface area contributed by atoms with Gasteiger partial charge in [-0.2, -0.15) is 0 Å². The van der Waals surface area contributed by atoms with E-state index in [2.05, 4.69) is 5.32 Å². The number of hydrogen-bond donors (Lipinski definition) is 2. The summed E-state index contributed by atoms with van der Waals surface area (Å²) in [5, 5.41) is 13.6. The van der Waals surface area contributed by atoms with Gasteiger partial charge in [-0.25, -0.2) is 0 Å². The molecule has 0 bridgehead atoms. The van der Waals surface area contributed by atoms with Gasteiger partial charge in [-0.1, -0.05) is 29.8 Å². The zero-order valence-corrected chi connectivity index (χ0v) is 16.6. The van der Waals surface area contributed by atoms with Crippen LogP contribution < -0.4 is 5.32 Å². The minimum absolute atomic E-state index is 0.0467. The molecule has 0 saturated heterocycles. The molecule has 3 rings (SSSR count). The zero-order valence-electron chi connectivity index (χ0n) is 15.8. The number of carbonyl (C=O) groups is 2. The standard InChI is InChI=1S/C21H23ClN2O3/c1-12-16(25)10-9-15-17(12)20(27)24(11-13-5-7-14(22)8-6-13)18(15)19(26)23-21(2,3)4/h5-10,18,25H,11H2,1-4H3,(H,23,26). The van der Waals surface area contributed by atoms with E-state index in [9.17, 15) is 14.7 Å². The highest BCUT2D eigenvalue weighted by atomic mass is 35.5. The Labute approximate surface area is 163 Å². The van der Waals surface area contributed by atoms with Crippen LogP contribution >= 0.6 is 11.6 Å². The maximum Gasteiger partial charge on any atom is 0.255 e. The van der Waals surface area contributed by atoms with E-state index in [1.54, 1.807) is 30.0 Å². The summed E-state index contributed by atoms with van der Waals surface area (Å²) in [7, 11) is 0. The molecule has 0 saturated carbocycles. The molecule has 0 aromatic heterocycles. The number of fused-ring (bicyclic) bond motifs is 1. The maximum absolute atomic E-state index is 13.1. The summed E-state index contributed by atoms with van der Waals surface area (Å²) < 4.78 is 0. The van der Waals surface area contributed by atoms with E-state index in [-0.39, 0.29) is 24.1 Å². The molecule has 1 atom stereocenters. The van der Waals surface area contributed by atoms with Crippen LogP contribution in [0.4, 0.5) is 0 Å². The lowest BCUT2D eigenvalue weighted by Crippen LogP contribution is -2.46. The lowest BCUT2D eigenvalue weighted by Gasteiger charge is -2.29. The number of halogens is 1. The van der Waals surface area contributed by atoms with Gasteiger partial charge >= 0.3 is 0 Å². The average molecular weight is 387 g/mol. The summed E-state index contributed by atoms with van der Waals surface area (Å²) in [6, 6.07) is 9.62. The van der Waals surface area contributed by atoms with Gasteiger partial charge in [0.25, 0.3) is 5.91 Å². The van der Waals surface area contributed by atoms with Gasteiger partial charge in [0.05, 0.1) is 5.56 Å². The highest BCUT2D eigenvalue weighted by Gasteiger charge is 2.43. The van der Waals surface area contributed by atoms with E-state index in [1.807, 2.05) is 32.9 Å². The number of carbonyl (C=O) groups excluding carboxylic acids is 2. The van der Waals surface area contributed by atoms with Crippen LogP contribution in [0.25, 0.3) is 0 Å². The van der Waals surface area contributed by atoms with E-state index in [4.69, 9.17) is 11.6 Å². The molecule has 5 nitrogen and oxygen atoms in total. The third-order valence-corrected chi connectivity index (χ3v) is 4.81. The topological polar surface area (TPSA) is 69.6 Å². The quantitative estimate of drug-likeness (QED) is 0.838. The molecule has 1 aliphatic heterocycles. The van der Waals surface area contributed by atoms with E-state index in [1.165, 1.54) is 6.07 Å². The van der Waals surface area contributed by atoms with Gasteiger partial charge in [0.1, 0.15) is 11.8 Å². The van der Waals surface area contributed by atoms with Gasteiger partial charge in [0.2, 0.25) is 5.91 Å². The number of nitrogens with zero attached hydrogens (tertiary/aromatic N) is 1. The molecule has 0 fully saturated rings. The minimum atomic E-state index is -0.748. The van der Waals surface area contributed by atoms with Gasteiger partial charge in [0, 0.05) is 22.7 Å². The second-order valence-corrected chi connectivity index (χ2v) is 8.31. The van der Waals surface area contributed by atoms with Crippen LogP contribution in [0.5, 0.6) is 5.75 Å². The van der Waals surface area contributed by atoms with Gasteiger partial charge in [-0.05, 0) is 57.0 Å². The molecule has 2 aromatic carbocycles. The summed E-state index contributed by atoms with van der Waals surface area (Å²) in [5.74, 6) is -0.457. The molecule has 27 heavy (non-hydrogen) atoms. The predicted molar refractivity (Wildman–Crippen MR) is 105 cm³/mol. The number of hydrogen-bond acceptors (Lipinski definition) is 3. The predicted octanol–water partition coefficient (Wildman–Crippen LogP) is 3.97. The van der Waals surface area contributed by atoms with Gasteiger partial charge < -0.3 is 15.3 Å². The van der Waals surface area contributed by atoms with Crippen molar-refractivity contribution in [3.8, 4) is 5.75 Å². The Bertz CT molecular complexity index is 901. The molecule has 0 spiro atoms. The van der Waals surface area contributed by atoms with E-state index >= 15 is 0 Å². The van der Waals surface area contributed by atoms with Gasteiger partial charge in [-0.3, -0.25) is 9.59 Å². The number of aromatic hydroxyl groups is 1. The Balaban J connectivity index is 2.04. The van der Waals surface area contributed by atoms with Crippen molar-refractivity contribution in [2.24, 2.45) is 0 Å². The Morgan fingerprint density at radius 2 is 1.81 bits per heavy atom. The number of phenolic OH excluding ortho intramolecular Hbond substituents is 1. The molecule has 142 valence electrons. The lowest BCUT2D eigenvalue weighted by atomic mass is 9.98. The molecule has 0 radical (unpaired) electrons. The van der Waals surface area contributed by atoms with Crippen molar-refractivity contribution in [3.05, 3.63) is 63.7 Å². The molecule has 2 N–H and O–H groups in total. The second kappa shape index (κ2) is 6.89. The van der Waals surface area contributed by atoms with Crippen LogP contribution in [0.3, 0.4) is 0 Å². The van der Waals surface area contributed by atoms with Crippen molar-refractivity contribution in [1.82, 2.24) is 10.2 Å². The van der Waals surface area contributed by atoms with Gasteiger partial charge in [-0.15, -0.1) is 0 Å². The monoisotopic (exact) mass is 386 g/mol. The van der Waals surface area contributed by atoms with E-state index < -0.39 is 11.6 Å². The minimum Gasteiger partial charge on any atom is -0.508 e. The number of rotatable bonds is 3. The third kappa shape index (κ3) is 3.78. The third-order valence-electron chi connectivity index (χ3n) is 4.56. The number of amides is 2. The fourth-order valence-corrected chi connectivity index (χ4v) is 3.46. The van der Waals surface area contributed by atoms with Crippen molar-refractivity contribution < 1.29 is 14.7 Å². The first-order valence-corrected chi connectivity index (χ1v) is 9.16. The fourth-order valence-electron chi connectivity index (χ4n) is 3.33. The number of nitrogens with one attached hydrogen (secondary N) is 1. The zero-order chi connectivity index (χ0) is 19.9. The van der Waals surface area contributed by atoms with Crippen LogP contribution in [0.15, 0.2) is 36.4 Å². The molecular weight excluding hydrogens is 364 g/mol. The summed E-state index contributed by atoms with van der Waals surface area (Å²) in [4.78, 5) is 27.7. The molecule has 2 amide bonds. The molecular formula is C21H23ClN2O3.